The van der Waals surface area contributed by atoms with Gasteiger partial charge >= 0.3 is 129 Å². The molecule has 0 saturated heterocycles. The molecule has 4 unspecified atom stereocenters. The number of rotatable bonds is 17. The number of ether oxygens (including phenoxy) is 5. The number of aliphatic hydroxyl groups is 1. The number of nitrogens with one attached hydrogen (secondary N) is 2. The first kappa shape index (κ1) is 133. The summed E-state index contributed by atoms with van der Waals surface area (Å²) >= 11 is 19.4. The SMILES string of the molecule is C.C.CC(=O)c1ccnc(N)c1.CC(O)c1ccnc(N)c1.CC(Oc1ccc(N)c2ccccc12)c1ccnc(N)c1.CC(Oc1ccc([N+](=O)[O-])c2ccccc12)c1ccnc(N)c1.COC(=O)c1ccnc(N)c1.Cc1ccc(-n2nc(C(C)(C)C)cc2NC(=O)Nc2ccc(OC(C)c3ccnc(N)c3)c3ccccc23)cc1.O=C(Cl)OC(Cl)(Cl)Cl.O=CO[O-].[B].[CH3-].[CH3-].[H-].[H-].[Li+].[Na+].[Na+].[Na+].[Pt]. The number of nitro groups is 1. The number of carbonyl (C=O) groups excluding carboxylic acids is 5. The fraction of sp³-hybridized carbons (Fsp3) is 0.191. The Kier molecular flexibility index (Phi) is 63.5. The van der Waals surface area contributed by atoms with E-state index in [1.54, 1.807) is 97.1 Å². The second-order valence-electron chi connectivity index (χ2n) is 28.2. The molecule has 7 aromatic carbocycles. The van der Waals surface area contributed by atoms with Crippen molar-refractivity contribution >= 4 is 175 Å². The van der Waals surface area contributed by atoms with Gasteiger partial charge in [0.15, 0.2) is 5.78 Å². The maximum absolute atomic E-state index is 13.3. The second-order valence-corrected chi connectivity index (χ2v) is 30.7. The van der Waals surface area contributed by atoms with Crippen LogP contribution in [0.1, 0.15) is 152 Å². The number of alkyl halides is 3. The zero-order chi connectivity index (χ0) is 93.2. The Balaban J connectivity index is -0.000000390. The van der Waals surface area contributed by atoms with Crippen LogP contribution in [0.15, 0.2) is 250 Å². The normalized spacial score (nSPS) is 10.6. The number of Topliss-reactive ketones (excluding diaryl/α,β-unsaturated/α-hetero) is 1. The molecular formula is C94H109BCl4LiN18Na3O15Pt-. The zero-order valence-corrected chi connectivity index (χ0v) is 88.5. The van der Waals surface area contributed by atoms with Crippen LogP contribution in [0.25, 0.3) is 38.0 Å². The van der Waals surface area contributed by atoms with Gasteiger partial charge in [-0.1, -0.05) is 120 Å². The number of carbonyl (C=O) groups is 5. The molecule has 7 heterocycles. The largest absolute Gasteiger partial charge is 1.00 e. The van der Waals surface area contributed by atoms with E-state index in [0.29, 0.717) is 79.8 Å². The Bertz CT molecular complexity index is 6130. The molecular weight excluding hydrogens is 2040 g/mol. The fourth-order valence-electron chi connectivity index (χ4n) is 11.5. The molecule has 0 aliphatic heterocycles. The third-order valence-electron chi connectivity index (χ3n) is 17.8. The van der Waals surface area contributed by atoms with Gasteiger partial charge in [0.2, 0.25) is 0 Å². The molecule has 0 aliphatic rings. The standard InChI is InChI=1S/C32H34N6O2.C17H15N3O3.C17H17N3O.C7H8N2O2.C7H10N2O.C7H8N2O.C2Cl4O2.CH2O3.2CH4.2CH3.B.Li.3Na.Pt.2H/c1-20-10-12-23(13-11-20)38-30(19-28(37-38)32(3,4)5)36-31(39)35-26-14-15-27(25-9-7-6-8-24(25)26)40-21(2)22-16-17-34-29(33)18-22;1-11(12-8-9-19-17(18)10-12)23-16-7-6-15(20(21)22)13-4-2-3-5-14(13)16;1-11(12-8-9-20-17(19)10-12)21-16-7-6-15(18)13-4-2-3-5-14(13)16;1-11-7(10)5-2-3-9-6(8)4-5;2*1-5(10)6-2-3-9-7(8)4-6;3-1(7)8-2(4,5)6;2-1-4-3;;;;;;;;;;;;/h6-19,21H,1-5H3,(H2,33,34)(H2,35,36,39);2-11H,1H3,(H2,18,19);2-11H,18H2,1H3,(H2,19,20);2-4H,1H3,(H2,8,9);2-5,10H,1H3,(H2,8,9);2-4H,1H3,(H2,8,9);;1,3H;2*1H4;2*1H3;;;;;;;;/q;;;;;;;;;;2*-1;;4*+1;;2*-1/p-1. The van der Waals surface area contributed by atoms with Gasteiger partial charge < -0.3 is 102 Å². The van der Waals surface area contributed by atoms with Gasteiger partial charge in [-0.15, -0.1) is 0 Å². The number of ketones is 1. The van der Waals surface area contributed by atoms with E-state index in [9.17, 15) is 29.3 Å². The zero-order valence-electron chi connectivity index (χ0n) is 79.2. The van der Waals surface area contributed by atoms with E-state index in [1.165, 1.54) is 38.6 Å². The van der Waals surface area contributed by atoms with Gasteiger partial charge in [-0.25, -0.2) is 49.0 Å². The first-order valence-electron chi connectivity index (χ1n) is 38.2. The fourth-order valence-corrected chi connectivity index (χ4v) is 11.9. The molecule has 3 radical (unpaired) electrons. The summed E-state index contributed by atoms with van der Waals surface area (Å²) in [6.45, 7) is 17.2. The average molecular weight is 2150 g/mol. The van der Waals surface area contributed by atoms with E-state index in [4.69, 9.17) is 109 Å². The van der Waals surface area contributed by atoms with Gasteiger partial charge in [-0.2, -0.15) is 5.10 Å². The summed E-state index contributed by atoms with van der Waals surface area (Å²) in [5.41, 5.74) is 47.0. The number of fused-ring (bicyclic) bond motifs is 3. The van der Waals surface area contributed by atoms with E-state index in [1.807, 2.05) is 167 Å². The molecule has 14 aromatic rings. The summed E-state index contributed by atoms with van der Waals surface area (Å²) in [5, 5.41) is 44.5. The predicted octanol–water partition coefficient (Wildman–Crippen LogP) is 7.99. The van der Waals surface area contributed by atoms with E-state index < -0.39 is 21.5 Å². The number of hydrogen-bond donors (Lipinski definition) is 10. The molecule has 4 atom stereocenters. The molecule has 137 heavy (non-hydrogen) atoms. The third kappa shape index (κ3) is 43.7. The Morgan fingerprint density at radius 2 is 0.883 bits per heavy atom. The van der Waals surface area contributed by atoms with Gasteiger partial charge in [-0.05, 0) is 220 Å². The van der Waals surface area contributed by atoms with Crippen molar-refractivity contribution in [3.63, 3.8) is 0 Å². The quantitative estimate of drug-likeness (QED) is 0.00353. The molecule has 0 aliphatic carbocycles. The minimum absolute atomic E-state index is 0. The number of urea groups is 1. The molecule has 0 spiro atoms. The number of hydrogen-bond acceptors (Lipinski definition) is 29. The number of aryl methyl sites for hydroxylation is 1. The summed E-state index contributed by atoms with van der Waals surface area (Å²) in [4.78, 5) is 89.9. The van der Waals surface area contributed by atoms with E-state index in [-0.39, 0.29) is 222 Å². The van der Waals surface area contributed by atoms with Crippen molar-refractivity contribution in [2.75, 3.05) is 57.9 Å². The topological polar surface area (TPSA) is 529 Å². The number of benzene rings is 7. The Morgan fingerprint density at radius 1 is 0.526 bits per heavy atom. The van der Waals surface area contributed by atoms with E-state index >= 15 is 0 Å². The molecule has 17 N–H and O–H groups in total. The van der Waals surface area contributed by atoms with Gasteiger partial charge in [0.05, 0.1) is 46.2 Å². The van der Waals surface area contributed by atoms with Crippen LogP contribution in [0.3, 0.4) is 0 Å². The number of nitrogen functional groups attached to an aromatic ring is 7. The third-order valence-corrected chi connectivity index (χ3v) is 18.1. The Labute approximate surface area is 915 Å². The maximum atomic E-state index is 13.3. The summed E-state index contributed by atoms with van der Waals surface area (Å²) in [6.07, 6.45) is 8.45. The van der Waals surface area contributed by atoms with Gasteiger partial charge in [0.1, 0.15) is 76.3 Å². The van der Waals surface area contributed by atoms with Crippen LogP contribution in [-0.4, -0.2) is 98.9 Å². The number of esters is 1. The molecule has 711 valence electrons. The van der Waals surface area contributed by atoms with Crippen molar-refractivity contribution in [2.45, 2.75) is 111 Å². The maximum Gasteiger partial charge on any atom is 1.00 e. The van der Waals surface area contributed by atoms with Crippen LogP contribution in [0.4, 0.5) is 67.4 Å². The van der Waals surface area contributed by atoms with Crippen LogP contribution >= 0.6 is 46.4 Å². The van der Waals surface area contributed by atoms with E-state index in [2.05, 4.69) is 87.3 Å². The Morgan fingerprint density at radius 3 is 1.24 bits per heavy atom. The number of aliphatic hydroxyl groups excluding tert-OH is 1. The van der Waals surface area contributed by atoms with Crippen LogP contribution in [-0.2, 0) is 45.6 Å². The number of aromatic nitrogens is 8. The molecule has 0 bridgehead atoms. The van der Waals surface area contributed by atoms with Crippen molar-refractivity contribution in [1.29, 1.82) is 0 Å². The van der Waals surface area contributed by atoms with Crippen LogP contribution in [0.5, 0.6) is 17.2 Å². The summed E-state index contributed by atoms with van der Waals surface area (Å²) in [5.74, 6) is 4.79. The number of amides is 2. The van der Waals surface area contributed by atoms with Gasteiger partial charge in [0, 0.05) is 134 Å². The second kappa shape index (κ2) is 65.5. The molecule has 0 saturated carbocycles. The minimum Gasteiger partial charge on any atom is -1.00 e. The smallest absolute Gasteiger partial charge is 1.00 e. The van der Waals surface area contributed by atoms with Crippen molar-refractivity contribution in [1.82, 2.24) is 39.7 Å². The monoisotopic (exact) mass is 2150 g/mol. The number of anilines is 9. The van der Waals surface area contributed by atoms with Gasteiger partial charge in [-0.3, -0.25) is 25.0 Å². The molecule has 33 nitrogen and oxygen atoms in total. The van der Waals surface area contributed by atoms with Crippen molar-refractivity contribution in [2.24, 2.45) is 0 Å². The first-order chi connectivity index (χ1) is 60.2. The summed E-state index contributed by atoms with van der Waals surface area (Å²) in [6, 6.07) is 63.6. The number of halogens is 4. The van der Waals surface area contributed by atoms with Crippen LogP contribution in [0.2, 0.25) is 0 Å². The van der Waals surface area contributed by atoms with E-state index in [0.717, 1.165) is 72.2 Å². The number of pyridine rings is 6. The number of methoxy groups -OCH3 is 1. The van der Waals surface area contributed by atoms with Crippen LogP contribution < -0.4 is 178 Å². The first-order valence-corrected chi connectivity index (χ1v) is 39.7. The Hall–Kier alpha value is -10.4. The van der Waals surface area contributed by atoms with Crippen LogP contribution in [0, 0.1) is 31.9 Å². The molecule has 7 aromatic heterocycles. The number of nitro benzene ring substituents is 1. The van der Waals surface area contributed by atoms with Crippen molar-refractivity contribution in [3.05, 3.63) is 319 Å². The molecule has 0 fully saturated rings. The average Bonchev–Trinajstić information content (AvgIpc) is 1.47. The predicted molar refractivity (Wildman–Crippen MR) is 528 cm³/mol. The summed E-state index contributed by atoms with van der Waals surface area (Å²) < 4.78 is 26.4. The molecule has 2 amide bonds. The number of nitrogens with two attached hydrogens (primary N) is 7. The summed E-state index contributed by atoms with van der Waals surface area (Å²) in [7, 11) is 1.32. The number of nitrogens with zero attached hydrogens (tertiary/aromatic N) is 9. The molecule has 43 heteroatoms. The molecule has 14 rings (SSSR count). The van der Waals surface area contributed by atoms with Gasteiger partial charge in [0.25, 0.3) is 12.2 Å². The van der Waals surface area contributed by atoms with Crippen molar-refractivity contribution < 1.29 is 199 Å². The van der Waals surface area contributed by atoms with Crippen molar-refractivity contribution in [3.8, 4) is 22.9 Å². The number of non-ortho nitro benzene ring substituents is 1. The minimum atomic E-state index is -2.04.